The summed E-state index contributed by atoms with van der Waals surface area (Å²) in [4.78, 5) is 38.1. The number of anilines is 1. The van der Waals surface area contributed by atoms with Crippen molar-refractivity contribution in [3.8, 4) is 0 Å². The molecular weight excluding hydrogens is 372 g/mol. The maximum Gasteiger partial charge on any atom is 0.261 e. The molecule has 2 aromatic carbocycles. The number of hydrogen-bond acceptors (Lipinski definition) is 4. The van der Waals surface area contributed by atoms with Crippen LogP contribution in [0.25, 0.3) is 0 Å². The van der Waals surface area contributed by atoms with Crippen LogP contribution in [0, 0.1) is 0 Å². The predicted molar refractivity (Wildman–Crippen MR) is 103 cm³/mol. The van der Waals surface area contributed by atoms with E-state index in [0.717, 1.165) is 22.0 Å². The van der Waals surface area contributed by atoms with Crippen LogP contribution in [0.15, 0.2) is 47.4 Å². The first-order valence-corrected chi connectivity index (χ1v) is 9.47. The highest BCUT2D eigenvalue weighted by Crippen LogP contribution is 2.25. The van der Waals surface area contributed by atoms with Gasteiger partial charge >= 0.3 is 0 Å². The first-order chi connectivity index (χ1) is 12.5. The smallest absolute Gasteiger partial charge is 0.261 e. The molecule has 1 heterocycles. The first-order valence-electron chi connectivity index (χ1n) is 8.10. The standard InChI is InChI=1S/C19H17ClN2O3S/c1-22-18(24)15-9-6-13(11-16(15)19(22)25)21-17(23)3-2-10-26-14-7-4-12(20)5-8-14/h4-9,11H,2-3,10H2,1H3,(H,21,23). The Morgan fingerprint density at radius 2 is 1.77 bits per heavy atom. The Bertz CT molecular complexity index is 868. The molecule has 0 aromatic heterocycles. The summed E-state index contributed by atoms with van der Waals surface area (Å²) in [5, 5.41) is 3.48. The number of carbonyl (C=O) groups excluding carboxylic acids is 3. The van der Waals surface area contributed by atoms with Gasteiger partial charge in [0, 0.05) is 29.1 Å². The van der Waals surface area contributed by atoms with E-state index in [1.165, 1.54) is 7.05 Å². The van der Waals surface area contributed by atoms with Crippen molar-refractivity contribution < 1.29 is 14.4 Å². The average Bonchev–Trinajstić information content (AvgIpc) is 2.84. The molecule has 1 aliphatic rings. The minimum absolute atomic E-state index is 0.119. The highest BCUT2D eigenvalue weighted by Gasteiger charge is 2.32. The van der Waals surface area contributed by atoms with Crippen molar-refractivity contribution in [2.75, 3.05) is 18.1 Å². The van der Waals surface area contributed by atoms with E-state index in [0.29, 0.717) is 28.3 Å². The zero-order chi connectivity index (χ0) is 18.7. The molecule has 0 saturated carbocycles. The Kier molecular flexibility index (Phi) is 5.64. The minimum atomic E-state index is -0.347. The number of halogens is 1. The van der Waals surface area contributed by atoms with Gasteiger partial charge in [0.2, 0.25) is 5.91 Å². The minimum Gasteiger partial charge on any atom is -0.326 e. The number of hydrogen-bond donors (Lipinski definition) is 1. The largest absolute Gasteiger partial charge is 0.326 e. The molecule has 0 bridgehead atoms. The van der Waals surface area contributed by atoms with Gasteiger partial charge in [0.05, 0.1) is 11.1 Å². The Hall–Kier alpha value is -2.31. The van der Waals surface area contributed by atoms with Crippen LogP contribution < -0.4 is 5.32 Å². The SMILES string of the molecule is CN1C(=O)c2ccc(NC(=O)CCCSc3ccc(Cl)cc3)cc2C1=O. The van der Waals surface area contributed by atoms with Crippen LogP contribution in [0.1, 0.15) is 33.6 Å². The van der Waals surface area contributed by atoms with Crippen LogP contribution in [0.5, 0.6) is 0 Å². The van der Waals surface area contributed by atoms with Gasteiger partial charge in [0.1, 0.15) is 0 Å². The van der Waals surface area contributed by atoms with Crippen LogP contribution in [-0.2, 0) is 4.79 Å². The Morgan fingerprint density at radius 1 is 1.08 bits per heavy atom. The van der Waals surface area contributed by atoms with Gasteiger partial charge in [-0.3, -0.25) is 19.3 Å². The molecule has 5 nitrogen and oxygen atoms in total. The third-order valence-electron chi connectivity index (χ3n) is 4.00. The first kappa shape index (κ1) is 18.5. The summed E-state index contributed by atoms with van der Waals surface area (Å²) < 4.78 is 0. The molecule has 3 amide bonds. The fourth-order valence-electron chi connectivity index (χ4n) is 2.62. The topological polar surface area (TPSA) is 66.5 Å². The summed E-state index contributed by atoms with van der Waals surface area (Å²) in [6.45, 7) is 0. The Balaban J connectivity index is 1.49. The molecule has 3 rings (SSSR count). The second-order valence-corrected chi connectivity index (χ2v) is 7.49. The molecule has 0 saturated heterocycles. The lowest BCUT2D eigenvalue weighted by molar-refractivity contribution is -0.116. The van der Waals surface area contributed by atoms with Crippen LogP contribution in [0.2, 0.25) is 5.02 Å². The van der Waals surface area contributed by atoms with Gasteiger partial charge in [0.25, 0.3) is 11.8 Å². The molecule has 0 radical (unpaired) electrons. The van der Waals surface area contributed by atoms with Crippen LogP contribution in [0.4, 0.5) is 5.69 Å². The third-order valence-corrected chi connectivity index (χ3v) is 5.35. The van der Waals surface area contributed by atoms with E-state index < -0.39 is 0 Å². The summed E-state index contributed by atoms with van der Waals surface area (Å²) >= 11 is 7.52. The maximum atomic E-state index is 12.1. The second-order valence-electron chi connectivity index (χ2n) is 5.88. The van der Waals surface area contributed by atoms with Crippen LogP contribution in [0.3, 0.4) is 0 Å². The van der Waals surface area contributed by atoms with Crippen LogP contribution >= 0.6 is 23.4 Å². The number of thioether (sulfide) groups is 1. The van der Waals surface area contributed by atoms with Gasteiger partial charge in [-0.15, -0.1) is 11.8 Å². The van der Waals surface area contributed by atoms with E-state index >= 15 is 0 Å². The monoisotopic (exact) mass is 388 g/mol. The number of rotatable bonds is 6. The van der Waals surface area contributed by atoms with Crippen molar-refractivity contribution in [3.05, 3.63) is 58.6 Å². The number of fused-ring (bicyclic) bond motifs is 1. The number of nitrogens with zero attached hydrogens (tertiary/aromatic N) is 1. The van der Waals surface area contributed by atoms with E-state index in [9.17, 15) is 14.4 Å². The molecule has 1 aliphatic heterocycles. The summed E-state index contributed by atoms with van der Waals surface area (Å²) in [7, 11) is 1.45. The summed E-state index contributed by atoms with van der Waals surface area (Å²) in [5.74, 6) is 0.0335. The van der Waals surface area contributed by atoms with E-state index in [-0.39, 0.29) is 17.7 Å². The molecular formula is C19H17ClN2O3S. The maximum absolute atomic E-state index is 12.1. The molecule has 7 heteroatoms. The molecule has 0 atom stereocenters. The van der Waals surface area contributed by atoms with E-state index in [4.69, 9.17) is 11.6 Å². The molecule has 2 aromatic rings. The van der Waals surface area contributed by atoms with Crippen molar-refractivity contribution >= 4 is 46.8 Å². The van der Waals surface area contributed by atoms with E-state index in [1.54, 1.807) is 30.0 Å². The van der Waals surface area contributed by atoms with Crippen molar-refractivity contribution in [2.45, 2.75) is 17.7 Å². The van der Waals surface area contributed by atoms with Gasteiger partial charge in [-0.05, 0) is 54.6 Å². The molecule has 26 heavy (non-hydrogen) atoms. The molecule has 1 N–H and O–H groups in total. The molecule has 0 aliphatic carbocycles. The summed E-state index contributed by atoms with van der Waals surface area (Å²) in [6, 6.07) is 12.4. The highest BCUT2D eigenvalue weighted by molar-refractivity contribution is 7.99. The fraction of sp³-hybridized carbons (Fsp3) is 0.211. The zero-order valence-electron chi connectivity index (χ0n) is 14.1. The Morgan fingerprint density at radius 3 is 2.50 bits per heavy atom. The summed E-state index contributed by atoms with van der Waals surface area (Å²) in [5.41, 5.74) is 1.22. The average molecular weight is 389 g/mol. The highest BCUT2D eigenvalue weighted by atomic mass is 35.5. The Labute approximate surface area is 160 Å². The van der Waals surface area contributed by atoms with Gasteiger partial charge in [0.15, 0.2) is 0 Å². The number of benzene rings is 2. The molecule has 0 unspecified atom stereocenters. The molecule has 134 valence electrons. The van der Waals surface area contributed by atoms with Crippen molar-refractivity contribution in [1.29, 1.82) is 0 Å². The van der Waals surface area contributed by atoms with E-state index in [2.05, 4.69) is 5.32 Å². The van der Waals surface area contributed by atoms with Gasteiger partial charge in [-0.25, -0.2) is 0 Å². The van der Waals surface area contributed by atoms with Crippen molar-refractivity contribution in [1.82, 2.24) is 4.90 Å². The van der Waals surface area contributed by atoms with E-state index in [1.807, 2.05) is 24.3 Å². The normalized spacial score (nSPS) is 13.1. The lowest BCUT2D eigenvalue weighted by Crippen LogP contribution is -2.24. The van der Waals surface area contributed by atoms with Crippen molar-refractivity contribution in [2.24, 2.45) is 0 Å². The quantitative estimate of drug-likeness (QED) is 0.460. The molecule has 0 spiro atoms. The van der Waals surface area contributed by atoms with Gasteiger partial charge in [-0.1, -0.05) is 11.6 Å². The second kappa shape index (κ2) is 7.93. The van der Waals surface area contributed by atoms with Gasteiger partial charge in [-0.2, -0.15) is 0 Å². The van der Waals surface area contributed by atoms with Gasteiger partial charge < -0.3 is 5.32 Å². The lowest BCUT2D eigenvalue weighted by Gasteiger charge is -2.06. The predicted octanol–water partition coefficient (Wildman–Crippen LogP) is 4.08. The number of carbonyl (C=O) groups is 3. The number of nitrogens with one attached hydrogen (secondary N) is 1. The lowest BCUT2D eigenvalue weighted by atomic mass is 10.1. The number of imide groups is 1. The summed E-state index contributed by atoms with van der Waals surface area (Å²) in [6.07, 6.45) is 1.11. The number of amides is 3. The molecule has 0 fully saturated rings. The fourth-order valence-corrected chi connectivity index (χ4v) is 3.59. The third kappa shape index (κ3) is 4.08. The van der Waals surface area contributed by atoms with Crippen molar-refractivity contribution in [3.63, 3.8) is 0 Å². The zero-order valence-corrected chi connectivity index (χ0v) is 15.7. The van der Waals surface area contributed by atoms with Crippen LogP contribution in [-0.4, -0.2) is 35.4 Å².